The molecule has 1 unspecified atom stereocenters. The fourth-order valence-electron chi connectivity index (χ4n) is 3.38. The minimum atomic E-state index is -3.76. The first-order valence-corrected chi connectivity index (χ1v) is 10.3. The van der Waals surface area contributed by atoms with Gasteiger partial charge in [-0.05, 0) is 61.4 Å². The second-order valence-electron chi connectivity index (χ2n) is 6.60. The standard InChI is InChI=1S/C20H25NO4S/c1-14(16-9-8-15-6-4-5-7-17(15)12-16)21-26(22,23)20-13-18(24-2)10-11-19(20)25-3/h8-14,21H,4-7H2,1-3H3. The van der Waals surface area contributed by atoms with E-state index in [0.717, 1.165) is 18.4 Å². The quantitative estimate of drug-likeness (QED) is 0.837. The number of nitrogens with one attached hydrogen (secondary N) is 1. The lowest BCUT2D eigenvalue weighted by Gasteiger charge is -2.20. The number of ether oxygens (including phenoxy) is 2. The Balaban J connectivity index is 1.87. The lowest BCUT2D eigenvalue weighted by Crippen LogP contribution is -2.27. The van der Waals surface area contributed by atoms with Crippen LogP contribution in [0.4, 0.5) is 0 Å². The van der Waals surface area contributed by atoms with Gasteiger partial charge in [0.25, 0.3) is 0 Å². The summed E-state index contributed by atoms with van der Waals surface area (Å²) in [4.78, 5) is 0.0733. The molecule has 0 heterocycles. The lowest BCUT2D eigenvalue weighted by molar-refractivity contribution is 0.391. The van der Waals surface area contributed by atoms with Crippen LogP contribution in [0.25, 0.3) is 0 Å². The van der Waals surface area contributed by atoms with Gasteiger partial charge in [-0.15, -0.1) is 0 Å². The third-order valence-corrected chi connectivity index (χ3v) is 6.43. The van der Waals surface area contributed by atoms with Crippen molar-refractivity contribution >= 4 is 10.0 Å². The zero-order valence-electron chi connectivity index (χ0n) is 15.4. The van der Waals surface area contributed by atoms with Crippen molar-refractivity contribution in [3.05, 3.63) is 53.1 Å². The molecule has 0 amide bonds. The van der Waals surface area contributed by atoms with Crippen LogP contribution in [0.5, 0.6) is 11.5 Å². The van der Waals surface area contributed by atoms with Gasteiger partial charge in [0.2, 0.25) is 10.0 Å². The molecule has 6 heteroatoms. The highest BCUT2D eigenvalue weighted by molar-refractivity contribution is 7.89. The third kappa shape index (κ3) is 3.86. The first kappa shape index (κ1) is 18.7. The molecule has 5 nitrogen and oxygen atoms in total. The molecule has 1 aliphatic rings. The van der Waals surface area contributed by atoms with Crippen molar-refractivity contribution in [3.8, 4) is 11.5 Å². The van der Waals surface area contributed by atoms with Crippen molar-refractivity contribution in [3.63, 3.8) is 0 Å². The highest BCUT2D eigenvalue weighted by Crippen LogP contribution is 2.30. The Morgan fingerprint density at radius 2 is 1.69 bits per heavy atom. The van der Waals surface area contributed by atoms with E-state index in [1.807, 2.05) is 13.0 Å². The summed E-state index contributed by atoms with van der Waals surface area (Å²) in [7, 11) is -0.806. The van der Waals surface area contributed by atoms with Crippen LogP contribution in [0.15, 0.2) is 41.3 Å². The smallest absolute Gasteiger partial charge is 0.244 e. The van der Waals surface area contributed by atoms with Gasteiger partial charge >= 0.3 is 0 Å². The Hall–Kier alpha value is -2.05. The summed E-state index contributed by atoms with van der Waals surface area (Å²) in [5, 5.41) is 0. The van der Waals surface area contributed by atoms with E-state index in [1.54, 1.807) is 12.1 Å². The number of methoxy groups -OCH3 is 2. The summed E-state index contributed by atoms with van der Waals surface area (Å²) in [5.74, 6) is 0.753. The predicted molar refractivity (Wildman–Crippen MR) is 101 cm³/mol. The third-order valence-electron chi connectivity index (χ3n) is 4.86. The number of rotatable bonds is 6. The molecule has 0 aromatic heterocycles. The van der Waals surface area contributed by atoms with Crippen molar-refractivity contribution in [2.45, 2.75) is 43.5 Å². The molecule has 26 heavy (non-hydrogen) atoms. The molecule has 0 saturated carbocycles. The van der Waals surface area contributed by atoms with Crippen LogP contribution in [0.2, 0.25) is 0 Å². The van der Waals surface area contributed by atoms with E-state index in [4.69, 9.17) is 9.47 Å². The van der Waals surface area contributed by atoms with E-state index in [0.29, 0.717) is 5.75 Å². The summed E-state index contributed by atoms with van der Waals surface area (Å²) in [5.41, 5.74) is 3.68. The van der Waals surface area contributed by atoms with Crippen LogP contribution in [0.3, 0.4) is 0 Å². The molecule has 0 bridgehead atoms. The molecule has 0 spiro atoms. The monoisotopic (exact) mass is 375 g/mol. The molecular weight excluding hydrogens is 350 g/mol. The molecule has 2 aromatic carbocycles. The summed E-state index contributed by atoms with van der Waals surface area (Å²) >= 11 is 0. The first-order valence-electron chi connectivity index (χ1n) is 8.80. The van der Waals surface area contributed by atoms with Crippen LogP contribution in [0, 0.1) is 0 Å². The highest BCUT2D eigenvalue weighted by atomic mass is 32.2. The number of sulfonamides is 1. The van der Waals surface area contributed by atoms with E-state index in [2.05, 4.69) is 16.9 Å². The van der Waals surface area contributed by atoms with Gasteiger partial charge in [0, 0.05) is 12.1 Å². The Morgan fingerprint density at radius 1 is 0.962 bits per heavy atom. The Bertz CT molecular complexity index is 893. The van der Waals surface area contributed by atoms with Crippen molar-refractivity contribution in [1.82, 2.24) is 4.72 Å². The van der Waals surface area contributed by atoms with Gasteiger partial charge in [0.15, 0.2) is 0 Å². The highest BCUT2D eigenvalue weighted by Gasteiger charge is 2.24. The van der Waals surface area contributed by atoms with E-state index in [-0.39, 0.29) is 16.7 Å². The van der Waals surface area contributed by atoms with Gasteiger partial charge in [0.05, 0.1) is 14.2 Å². The van der Waals surface area contributed by atoms with Crippen molar-refractivity contribution in [2.24, 2.45) is 0 Å². The van der Waals surface area contributed by atoms with Crippen LogP contribution in [-0.2, 0) is 22.9 Å². The molecule has 3 rings (SSSR count). The SMILES string of the molecule is COc1ccc(OC)c(S(=O)(=O)NC(C)c2ccc3c(c2)CCCC3)c1. The zero-order chi connectivity index (χ0) is 18.7. The average Bonchev–Trinajstić information content (AvgIpc) is 2.66. The van der Waals surface area contributed by atoms with Crippen molar-refractivity contribution in [1.29, 1.82) is 0 Å². The molecule has 1 N–H and O–H groups in total. The summed E-state index contributed by atoms with van der Waals surface area (Å²) in [6, 6.07) is 10.7. The lowest BCUT2D eigenvalue weighted by atomic mass is 9.89. The number of hydrogen-bond acceptors (Lipinski definition) is 4. The normalized spacial score (nSPS) is 15.2. The molecule has 2 aromatic rings. The second kappa shape index (κ2) is 7.68. The fourth-order valence-corrected chi connectivity index (χ4v) is 4.80. The Kier molecular flexibility index (Phi) is 5.53. The van der Waals surface area contributed by atoms with Gasteiger partial charge in [-0.2, -0.15) is 0 Å². The van der Waals surface area contributed by atoms with E-state index < -0.39 is 10.0 Å². The largest absolute Gasteiger partial charge is 0.497 e. The molecule has 1 atom stereocenters. The molecule has 1 aliphatic carbocycles. The van der Waals surface area contributed by atoms with Crippen LogP contribution >= 0.6 is 0 Å². The maximum Gasteiger partial charge on any atom is 0.244 e. The number of fused-ring (bicyclic) bond motifs is 1. The first-order chi connectivity index (χ1) is 12.4. The number of benzene rings is 2. The topological polar surface area (TPSA) is 64.6 Å². The van der Waals surface area contributed by atoms with E-state index in [9.17, 15) is 8.42 Å². The molecule has 0 radical (unpaired) electrons. The minimum Gasteiger partial charge on any atom is -0.497 e. The number of aryl methyl sites for hydroxylation is 2. The van der Waals surface area contributed by atoms with Gasteiger partial charge < -0.3 is 9.47 Å². The van der Waals surface area contributed by atoms with Crippen LogP contribution < -0.4 is 14.2 Å². The van der Waals surface area contributed by atoms with Gasteiger partial charge in [-0.1, -0.05) is 18.2 Å². The van der Waals surface area contributed by atoms with Crippen molar-refractivity contribution < 1.29 is 17.9 Å². The zero-order valence-corrected chi connectivity index (χ0v) is 16.2. The molecular formula is C20H25NO4S. The van der Waals surface area contributed by atoms with Crippen LogP contribution in [0.1, 0.15) is 42.5 Å². The fraction of sp³-hybridized carbons (Fsp3) is 0.400. The van der Waals surface area contributed by atoms with Gasteiger partial charge in [0.1, 0.15) is 16.4 Å². The molecule has 0 aliphatic heterocycles. The Morgan fingerprint density at radius 3 is 2.38 bits per heavy atom. The molecule has 0 fully saturated rings. The second-order valence-corrected chi connectivity index (χ2v) is 8.28. The van der Waals surface area contributed by atoms with Crippen LogP contribution in [-0.4, -0.2) is 22.6 Å². The average molecular weight is 375 g/mol. The Labute approximate surface area is 155 Å². The molecule has 0 saturated heterocycles. The number of hydrogen-bond donors (Lipinski definition) is 1. The predicted octanol–water partition coefficient (Wildman–Crippen LogP) is 3.62. The van der Waals surface area contributed by atoms with Gasteiger partial charge in [-0.25, -0.2) is 13.1 Å². The van der Waals surface area contributed by atoms with Crippen molar-refractivity contribution in [2.75, 3.05) is 14.2 Å². The molecule has 140 valence electrons. The maximum atomic E-state index is 12.9. The summed E-state index contributed by atoms with van der Waals surface area (Å²) in [6.07, 6.45) is 4.59. The van der Waals surface area contributed by atoms with E-state index in [1.165, 1.54) is 44.3 Å². The van der Waals surface area contributed by atoms with E-state index >= 15 is 0 Å². The minimum absolute atomic E-state index is 0.0733. The summed E-state index contributed by atoms with van der Waals surface area (Å²) in [6.45, 7) is 1.86. The van der Waals surface area contributed by atoms with Gasteiger partial charge in [-0.3, -0.25) is 0 Å². The maximum absolute atomic E-state index is 12.9. The summed E-state index contributed by atoms with van der Waals surface area (Å²) < 4.78 is 38.9.